The highest BCUT2D eigenvalue weighted by molar-refractivity contribution is 5.95. The molecule has 29 heavy (non-hydrogen) atoms. The van der Waals surface area contributed by atoms with Gasteiger partial charge in [-0.3, -0.25) is 4.79 Å². The van der Waals surface area contributed by atoms with Crippen LogP contribution in [0.4, 0.5) is 8.78 Å². The number of methoxy groups -OCH3 is 1. The number of halogens is 2. The number of ether oxygens (including phenoxy) is 2. The molecule has 150 valence electrons. The van der Waals surface area contributed by atoms with Crippen LogP contribution < -0.4 is 9.47 Å². The van der Waals surface area contributed by atoms with Crippen molar-refractivity contribution in [3.05, 3.63) is 83.7 Å². The SMILES string of the molecule is COc1cc(C(=O)N2CCn3cccc3C2c2ccccc2)ccc1OC(F)F. The number of carbonyl (C=O) groups is 1. The summed E-state index contributed by atoms with van der Waals surface area (Å²) in [5.41, 5.74) is 2.38. The lowest BCUT2D eigenvalue weighted by atomic mass is 9.99. The van der Waals surface area contributed by atoms with Gasteiger partial charge in [0.2, 0.25) is 0 Å². The Morgan fingerprint density at radius 2 is 1.83 bits per heavy atom. The van der Waals surface area contributed by atoms with Gasteiger partial charge in [0.15, 0.2) is 11.5 Å². The zero-order valence-corrected chi connectivity index (χ0v) is 15.8. The molecule has 7 heteroatoms. The zero-order valence-electron chi connectivity index (χ0n) is 15.8. The van der Waals surface area contributed by atoms with Crippen LogP contribution in [0, 0.1) is 0 Å². The molecule has 0 fully saturated rings. The van der Waals surface area contributed by atoms with E-state index in [0.29, 0.717) is 18.7 Å². The number of aromatic nitrogens is 1. The number of nitrogens with zero attached hydrogens (tertiary/aromatic N) is 2. The van der Waals surface area contributed by atoms with Crippen molar-refractivity contribution in [1.29, 1.82) is 0 Å². The topological polar surface area (TPSA) is 43.7 Å². The third kappa shape index (κ3) is 3.68. The van der Waals surface area contributed by atoms with Crippen LogP contribution >= 0.6 is 0 Å². The maximum absolute atomic E-state index is 13.4. The first-order chi connectivity index (χ1) is 14.1. The van der Waals surface area contributed by atoms with Crippen molar-refractivity contribution in [2.45, 2.75) is 19.2 Å². The minimum Gasteiger partial charge on any atom is -0.493 e. The molecule has 0 spiro atoms. The van der Waals surface area contributed by atoms with E-state index in [-0.39, 0.29) is 23.4 Å². The molecule has 1 aliphatic rings. The Kier molecular flexibility index (Phi) is 5.20. The van der Waals surface area contributed by atoms with Crippen molar-refractivity contribution in [1.82, 2.24) is 9.47 Å². The van der Waals surface area contributed by atoms with E-state index in [1.807, 2.05) is 48.7 Å². The van der Waals surface area contributed by atoms with Gasteiger partial charge in [-0.25, -0.2) is 0 Å². The summed E-state index contributed by atoms with van der Waals surface area (Å²) < 4.78 is 36.9. The predicted molar refractivity (Wildman–Crippen MR) is 103 cm³/mol. The van der Waals surface area contributed by atoms with Gasteiger partial charge in [0.25, 0.3) is 5.91 Å². The van der Waals surface area contributed by atoms with Gasteiger partial charge in [0.05, 0.1) is 13.2 Å². The third-order valence-corrected chi connectivity index (χ3v) is 5.04. The Hall–Kier alpha value is -3.35. The fraction of sp³-hybridized carbons (Fsp3) is 0.227. The molecule has 1 unspecified atom stereocenters. The maximum atomic E-state index is 13.4. The Morgan fingerprint density at radius 3 is 2.55 bits per heavy atom. The number of benzene rings is 2. The van der Waals surface area contributed by atoms with Crippen molar-refractivity contribution in [2.24, 2.45) is 0 Å². The highest BCUT2D eigenvalue weighted by Gasteiger charge is 2.33. The lowest BCUT2D eigenvalue weighted by Crippen LogP contribution is -2.42. The van der Waals surface area contributed by atoms with Gasteiger partial charge < -0.3 is 18.9 Å². The van der Waals surface area contributed by atoms with Gasteiger partial charge in [-0.1, -0.05) is 30.3 Å². The molecule has 4 rings (SSSR count). The average Bonchev–Trinajstić information content (AvgIpc) is 3.22. The zero-order chi connectivity index (χ0) is 20.4. The van der Waals surface area contributed by atoms with Crippen LogP contribution in [0.15, 0.2) is 66.9 Å². The lowest BCUT2D eigenvalue weighted by Gasteiger charge is -2.37. The van der Waals surface area contributed by atoms with Crippen LogP contribution in [0.2, 0.25) is 0 Å². The number of alkyl halides is 2. The molecular formula is C22H20F2N2O3. The van der Waals surface area contributed by atoms with Gasteiger partial charge in [-0.05, 0) is 35.9 Å². The Balaban J connectivity index is 1.70. The first-order valence-electron chi connectivity index (χ1n) is 9.22. The second-order valence-corrected chi connectivity index (χ2v) is 6.68. The van der Waals surface area contributed by atoms with Crippen molar-refractivity contribution < 1.29 is 23.0 Å². The molecule has 2 aromatic carbocycles. The number of hydrogen-bond donors (Lipinski definition) is 0. The molecule has 0 bridgehead atoms. The monoisotopic (exact) mass is 398 g/mol. The Morgan fingerprint density at radius 1 is 1.03 bits per heavy atom. The highest BCUT2D eigenvalue weighted by atomic mass is 19.3. The lowest BCUT2D eigenvalue weighted by molar-refractivity contribution is -0.0512. The van der Waals surface area contributed by atoms with E-state index < -0.39 is 6.61 Å². The summed E-state index contributed by atoms with van der Waals surface area (Å²) in [7, 11) is 1.35. The summed E-state index contributed by atoms with van der Waals surface area (Å²) in [5, 5.41) is 0. The first-order valence-corrected chi connectivity index (χ1v) is 9.22. The van der Waals surface area contributed by atoms with E-state index in [1.165, 1.54) is 25.3 Å². The summed E-state index contributed by atoms with van der Waals surface area (Å²) in [6, 6.07) is 17.8. The molecule has 3 aromatic rings. The molecule has 1 aliphatic heterocycles. The number of rotatable bonds is 5. The second-order valence-electron chi connectivity index (χ2n) is 6.68. The van der Waals surface area contributed by atoms with E-state index in [0.717, 1.165) is 11.3 Å². The van der Waals surface area contributed by atoms with Gasteiger partial charge in [-0.2, -0.15) is 8.78 Å². The molecule has 1 atom stereocenters. The van der Waals surface area contributed by atoms with Crippen molar-refractivity contribution in [3.8, 4) is 11.5 Å². The molecule has 1 amide bonds. The number of fused-ring (bicyclic) bond motifs is 1. The molecule has 0 saturated carbocycles. The third-order valence-electron chi connectivity index (χ3n) is 5.04. The smallest absolute Gasteiger partial charge is 0.387 e. The highest BCUT2D eigenvalue weighted by Crippen LogP contribution is 2.35. The molecule has 0 aliphatic carbocycles. The molecule has 0 N–H and O–H groups in total. The van der Waals surface area contributed by atoms with Gasteiger partial charge >= 0.3 is 6.61 Å². The molecule has 0 radical (unpaired) electrons. The first kappa shape index (κ1) is 19.0. The van der Waals surface area contributed by atoms with Crippen molar-refractivity contribution in [2.75, 3.05) is 13.7 Å². The minimum atomic E-state index is -2.97. The summed E-state index contributed by atoms with van der Waals surface area (Å²) in [6.45, 7) is -1.76. The quantitative estimate of drug-likeness (QED) is 0.642. The summed E-state index contributed by atoms with van der Waals surface area (Å²) in [4.78, 5) is 15.2. The van der Waals surface area contributed by atoms with E-state index in [2.05, 4.69) is 9.30 Å². The summed E-state index contributed by atoms with van der Waals surface area (Å²) in [6.07, 6.45) is 2.01. The van der Waals surface area contributed by atoms with Crippen molar-refractivity contribution >= 4 is 5.91 Å². The standard InChI is InChI=1S/C22H20F2N2O3/c1-28-19-14-16(9-10-18(19)29-22(23)24)21(27)26-13-12-25-11-5-8-17(25)20(26)15-6-3-2-4-7-15/h2-11,14,20,22H,12-13H2,1H3. The van der Waals surface area contributed by atoms with Crippen LogP contribution in [-0.2, 0) is 6.54 Å². The normalized spacial score (nSPS) is 15.9. The van der Waals surface area contributed by atoms with Crippen LogP contribution in [0.25, 0.3) is 0 Å². The Bertz CT molecular complexity index is 1000. The van der Waals surface area contributed by atoms with E-state index in [4.69, 9.17) is 4.74 Å². The fourth-order valence-corrected chi connectivity index (χ4v) is 3.75. The van der Waals surface area contributed by atoms with E-state index in [1.54, 1.807) is 4.90 Å². The molecule has 5 nitrogen and oxygen atoms in total. The number of amides is 1. The van der Waals surface area contributed by atoms with Crippen LogP contribution in [-0.4, -0.2) is 35.6 Å². The van der Waals surface area contributed by atoms with Gasteiger partial charge in [0, 0.05) is 30.5 Å². The fourth-order valence-electron chi connectivity index (χ4n) is 3.75. The number of carbonyl (C=O) groups excluding carboxylic acids is 1. The Labute approximate surface area is 167 Å². The molecular weight excluding hydrogens is 378 g/mol. The van der Waals surface area contributed by atoms with E-state index in [9.17, 15) is 13.6 Å². The van der Waals surface area contributed by atoms with Gasteiger partial charge in [-0.15, -0.1) is 0 Å². The van der Waals surface area contributed by atoms with E-state index >= 15 is 0 Å². The second kappa shape index (κ2) is 7.95. The number of hydrogen-bond acceptors (Lipinski definition) is 3. The van der Waals surface area contributed by atoms with Crippen LogP contribution in [0.1, 0.15) is 27.7 Å². The largest absolute Gasteiger partial charge is 0.493 e. The molecule has 1 aromatic heterocycles. The maximum Gasteiger partial charge on any atom is 0.387 e. The summed E-state index contributed by atoms with van der Waals surface area (Å²) in [5.74, 6) is -0.216. The molecule has 0 saturated heterocycles. The predicted octanol–water partition coefficient (Wildman–Crippen LogP) is 4.34. The van der Waals surface area contributed by atoms with Crippen molar-refractivity contribution in [3.63, 3.8) is 0 Å². The van der Waals surface area contributed by atoms with Gasteiger partial charge in [0.1, 0.15) is 0 Å². The minimum absolute atomic E-state index is 0.0906. The molecule has 2 heterocycles. The van der Waals surface area contributed by atoms with Crippen LogP contribution in [0.5, 0.6) is 11.5 Å². The average molecular weight is 398 g/mol. The summed E-state index contributed by atoms with van der Waals surface area (Å²) >= 11 is 0. The van der Waals surface area contributed by atoms with Crippen LogP contribution in [0.3, 0.4) is 0 Å².